The number of amides is 2. The fourth-order valence-electron chi connectivity index (χ4n) is 2.60. The van der Waals surface area contributed by atoms with Gasteiger partial charge in [-0.1, -0.05) is 12.1 Å². The van der Waals surface area contributed by atoms with Crippen molar-refractivity contribution in [1.29, 1.82) is 0 Å². The van der Waals surface area contributed by atoms with Gasteiger partial charge >= 0.3 is 0 Å². The highest BCUT2D eigenvalue weighted by Crippen LogP contribution is 2.24. The first-order valence-electron chi connectivity index (χ1n) is 7.02. The van der Waals surface area contributed by atoms with Crippen molar-refractivity contribution >= 4 is 11.8 Å². The molecule has 2 amide bonds. The van der Waals surface area contributed by atoms with E-state index in [2.05, 4.69) is 5.32 Å². The van der Waals surface area contributed by atoms with Gasteiger partial charge in [0.05, 0.1) is 5.56 Å². The predicted octanol–water partition coefficient (Wildman–Crippen LogP) is 1.71. The van der Waals surface area contributed by atoms with E-state index in [1.807, 2.05) is 0 Å². The van der Waals surface area contributed by atoms with E-state index in [-0.39, 0.29) is 17.5 Å². The van der Waals surface area contributed by atoms with Crippen molar-refractivity contribution in [2.24, 2.45) is 0 Å². The Bertz CT molecular complexity index is 542. The molecule has 2 fully saturated rings. The van der Waals surface area contributed by atoms with E-state index in [4.69, 9.17) is 0 Å². The normalized spacial score (nSPS) is 21.9. The van der Waals surface area contributed by atoms with Gasteiger partial charge in [0.2, 0.25) is 5.91 Å². The van der Waals surface area contributed by atoms with Crippen molar-refractivity contribution in [2.45, 2.75) is 37.8 Å². The predicted molar refractivity (Wildman–Crippen MR) is 71.6 cm³/mol. The van der Waals surface area contributed by atoms with Crippen LogP contribution in [0.5, 0.6) is 0 Å². The lowest BCUT2D eigenvalue weighted by atomic mass is 10.1. The molecule has 1 aliphatic heterocycles. The molecule has 1 aromatic carbocycles. The summed E-state index contributed by atoms with van der Waals surface area (Å²) in [6, 6.07) is 5.73. The third kappa shape index (κ3) is 2.53. The molecular formula is C15H17FN2O2. The molecule has 4 nitrogen and oxygen atoms in total. The average Bonchev–Trinajstić information content (AvgIpc) is 3.11. The number of hydrogen-bond acceptors (Lipinski definition) is 2. The lowest BCUT2D eigenvalue weighted by molar-refractivity contribution is -0.125. The minimum absolute atomic E-state index is 0.0404. The molecule has 0 aromatic heterocycles. The molecule has 1 atom stereocenters. The van der Waals surface area contributed by atoms with E-state index in [0.29, 0.717) is 13.0 Å². The van der Waals surface area contributed by atoms with Gasteiger partial charge in [-0.2, -0.15) is 0 Å². The van der Waals surface area contributed by atoms with Gasteiger partial charge in [0.15, 0.2) is 0 Å². The van der Waals surface area contributed by atoms with Crippen molar-refractivity contribution in [3.63, 3.8) is 0 Å². The number of benzene rings is 1. The lowest BCUT2D eigenvalue weighted by Crippen LogP contribution is -2.46. The molecule has 1 N–H and O–H groups in total. The Kier molecular flexibility index (Phi) is 3.42. The number of halogens is 1. The van der Waals surface area contributed by atoms with Crippen LogP contribution >= 0.6 is 0 Å². The van der Waals surface area contributed by atoms with Crippen LogP contribution < -0.4 is 5.32 Å². The second-order valence-electron chi connectivity index (χ2n) is 5.42. The van der Waals surface area contributed by atoms with Crippen LogP contribution in [0, 0.1) is 5.82 Å². The Hall–Kier alpha value is -1.91. The molecule has 1 saturated carbocycles. The molecule has 2 aliphatic rings. The van der Waals surface area contributed by atoms with E-state index in [9.17, 15) is 14.0 Å². The van der Waals surface area contributed by atoms with Gasteiger partial charge in [0.1, 0.15) is 11.9 Å². The van der Waals surface area contributed by atoms with E-state index >= 15 is 0 Å². The molecule has 0 bridgehead atoms. The third-order valence-electron chi connectivity index (χ3n) is 3.84. The van der Waals surface area contributed by atoms with E-state index in [1.54, 1.807) is 12.1 Å². The zero-order valence-electron chi connectivity index (χ0n) is 11.1. The smallest absolute Gasteiger partial charge is 0.257 e. The van der Waals surface area contributed by atoms with Crippen LogP contribution in [0.1, 0.15) is 36.0 Å². The molecule has 0 spiro atoms. The fraction of sp³-hybridized carbons (Fsp3) is 0.467. The van der Waals surface area contributed by atoms with Gasteiger partial charge in [-0.25, -0.2) is 4.39 Å². The molecule has 0 radical (unpaired) electrons. The molecule has 20 heavy (non-hydrogen) atoms. The van der Waals surface area contributed by atoms with E-state index in [0.717, 1.165) is 19.3 Å². The number of carbonyl (C=O) groups excluding carboxylic acids is 2. The van der Waals surface area contributed by atoms with Gasteiger partial charge in [-0.05, 0) is 37.8 Å². The maximum absolute atomic E-state index is 13.7. The highest BCUT2D eigenvalue weighted by atomic mass is 19.1. The summed E-state index contributed by atoms with van der Waals surface area (Å²) in [6.07, 6.45) is 3.46. The Morgan fingerprint density at radius 3 is 2.65 bits per heavy atom. The van der Waals surface area contributed by atoms with Gasteiger partial charge < -0.3 is 10.2 Å². The maximum atomic E-state index is 13.7. The van der Waals surface area contributed by atoms with Crippen molar-refractivity contribution < 1.29 is 14.0 Å². The van der Waals surface area contributed by atoms with Crippen LogP contribution in [0.4, 0.5) is 4.39 Å². The van der Waals surface area contributed by atoms with Crippen molar-refractivity contribution in [1.82, 2.24) is 10.2 Å². The summed E-state index contributed by atoms with van der Waals surface area (Å²) in [6.45, 7) is 0.510. The number of hydrogen-bond donors (Lipinski definition) is 1. The Morgan fingerprint density at radius 1 is 1.20 bits per heavy atom. The number of nitrogens with zero attached hydrogens (tertiary/aromatic N) is 1. The molecule has 106 valence electrons. The van der Waals surface area contributed by atoms with Gasteiger partial charge in [0, 0.05) is 12.6 Å². The SMILES string of the molecule is O=C(NC1CC1)C1CCCN1C(=O)c1ccccc1F. The number of rotatable bonds is 3. The second-order valence-corrected chi connectivity index (χ2v) is 5.42. The van der Waals surface area contributed by atoms with Crippen LogP contribution in [0.15, 0.2) is 24.3 Å². The summed E-state index contributed by atoms with van der Waals surface area (Å²) in [5.74, 6) is -1.03. The molecule has 1 heterocycles. The summed E-state index contributed by atoms with van der Waals surface area (Å²) < 4.78 is 13.7. The molecule has 1 saturated heterocycles. The number of nitrogens with one attached hydrogen (secondary N) is 1. The molecule has 1 aromatic rings. The highest BCUT2D eigenvalue weighted by molar-refractivity contribution is 5.98. The molecule has 1 aliphatic carbocycles. The minimum atomic E-state index is -0.536. The molecular weight excluding hydrogens is 259 g/mol. The summed E-state index contributed by atoms with van der Waals surface area (Å²) in [5, 5.41) is 2.92. The standard InChI is InChI=1S/C15H17FN2O2/c16-12-5-2-1-4-11(12)15(20)18-9-3-6-13(18)14(19)17-10-7-8-10/h1-2,4-5,10,13H,3,6-9H2,(H,17,19). The van der Waals surface area contributed by atoms with Crippen molar-refractivity contribution in [2.75, 3.05) is 6.54 Å². The summed E-state index contributed by atoms with van der Waals surface area (Å²) in [4.78, 5) is 26.0. The Balaban J connectivity index is 1.76. The Labute approximate surface area is 117 Å². The van der Waals surface area contributed by atoms with Crippen LogP contribution in [-0.4, -0.2) is 35.3 Å². The monoisotopic (exact) mass is 276 g/mol. The first kappa shape index (κ1) is 13.1. The van der Waals surface area contributed by atoms with E-state index < -0.39 is 17.8 Å². The lowest BCUT2D eigenvalue weighted by Gasteiger charge is -2.24. The third-order valence-corrected chi connectivity index (χ3v) is 3.84. The highest BCUT2D eigenvalue weighted by Gasteiger charge is 2.37. The zero-order chi connectivity index (χ0) is 14.1. The van der Waals surface area contributed by atoms with E-state index in [1.165, 1.54) is 17.0 Å². The van der Waals surface area contributed by atoms with Crippen LogP contribution in [-0.2, 0) is 4.79 Å². The van der Waals surface area contributed by atoms with Crippen molar-refractivity contribution in [3.05, 3.63) is 35.6 Å². The van der Waals surface area contributed by atoms with Gasteiger partial charge in [0.25, 0.3) is 5.91 Å². The molecule has 1 unspecified atom stereocenters. The van der Waals surface area contributed by atoms with Crippen molar-refractivity contribution in [3.8, 4) is 0 Å². The summed E-state index contributed by atoms with van der Waals surface area (Å²) in [5.41, 5.74) is 0.0404. The first-order chi connectivity index (χ1) is 9.66. The summed E-state index contributed by atoms with van der Waals surface area (Å²) in [7, 11) is 0. The fourth-order valence-corrected chi connectivity index (χ4v) is 2.60. The van der Waals surface area contributed by atoms with Crippen LogP contribution in [0.3, 0.4) is 0 Å². The van der Waals surface area contributed by atoms with Crippen LogP contribution in [0.2, 0.25) is 0 Å². The molecule has 3 rings (SSSR count). The zero-order valence-corrected chi connectivity index (χ0v) is 11.1. The number of likely N-dealkylation sites (tertiary alicyclic amines) is 1. The van der Waals surface area contributed by atoms with Gasteiger partial charge in [-0.15, -0.1) is 0 Å². The largest absolute Gasteiger partial charge is 0.352 e. The average molecular weight is 276 g/mol. The molecule has 5 heteroatoms. The first-order valence-corrected chi connectivity index (χ1v) is 7.02. The number of carbonyl (C=O) groups is 2. The van der Waals surface area contributed by atoms with Crippen LogP contribution in [0.25, 0.3) is 0 Å². The maximum Gasteiger partial charge on any atom is 0.257 e. The minimum Gasteiger partial charge on any atom is -0.352 e. The summed E-state index contributed by atoms with van der Waals surface area (Å²) >= 11 is 0. The second kappa shape index (κ2) is 5.23. The van der Waals surface area contributed by atoms with Gasteiger partial charge in [-0.3, -0.25) is 9.59 Å². The quantitative estimate of drug-likeness (QED) is 0.913. The topological polar surface area (TPSA) is 49.4 Å². The Morgan fingerprint density at radius 2 is 1.95 bits per heavy atom.